The zero-order chi connectivity index (χ0) is 8.34. The maximum Gasteiger partial charge on any atom is 0.0186 e. The van der Waals surface area contributed by atoms with Crippen molar-refractivity contribution in [3.63, 3.8) is 0 Å². The fourth-order valence-electron chi connectivity index (χ4n) is 4.24. The number of nitrogens with zero attached hydrogens (tertiary/aromatic N) is 1. The minimum atomic E-state index is 0. The molecule has 4 fully saturated rings. The minimum Gasteiger partial charge on any atom is -0.298 e. The van der Waals surface area contributed by atoms with Gasteiger partial charge >= 0.3 is 0 Å². The predicted molar refractivity (Wildman–Crippen MR) is 65.4 cm³/mol. The van der Waals surface area contributed by atoms with Gasteiger partial charge in [0.2, 0.25) is 0 Å². The van der Waals surface area contributed by atoms with Crippen LogP contribution in [0.15, 0.2) is 0 Å². The predicted octanol–water partition coefficient (Wildman–Crippen LogP) is 2.89. The second kappa shape index (κ2) is 3.09. The Balaban J connectivity index is 0.000000653. The first-order valence-electron chi connectivity index (χ1n) is 5.40. The lowest BCUT2D eigenvalue weighted by Gasteiger charge is -2.61. The maximum absolute atomic E-state index is 2.68. The van der Waals surface area contributed by atoms with Gasteiger partial charge in [-0.05, 0) is 57.9 Å². The summed E-state index contributed by atoms with van der Waals surface area (Å²) in [5.41, 5.74) is 0.592. The molecule has 13 heavy (non-hydrogen) atoms. The van der Waals surface area contributed by atoms with Gasteiger partial charge < -0.3 is 0 Å². The van der Waals surface area contributed by atoms with E-state index in [1.54, 1.807) is 6.42 Å². The quantitative estimate of drug-likeness (QED) is 0.621. The smallest absolute Gasteiger partial charge is 0.0186 e. The van der Waals surface area contributed by atoms with Crippen LogP contribution in [0.4, 0.5) is 0 Å². The molecule has 2 aliphatic carbocycles. The SMILES string of the molecule is CN1C2CC3CC(C2)CC1(C)C3.I. The van der Waals surface area contributed by atoms with Crippen LogP contribution in [-0.4, -0.2) is 23.5 Å². The molecule has 4 bridgehead atoms. The summed E-state index contributed by atoms with van der Waals surface area (Å²) in [6, 6.07) is 0.946. The van der Waals surface area contributed by atoms with Crippen molar-refractivity contribution >= 4 is 24.0 Å². The Morgan fingerprint density at radius 1 is 1.08 bits per heavy atom. The highest BCUT2D eigenvalue weighted by Crippen LogP contribution is 2.53. The van der Waals surface area contributed by atoms with E-state index >= 15 is 0 Å². The van der Waals surface area contributed by atoms with Crippen molar-refractivity contribution < 1.29 is 0 Å². The largest absolute Gasteiger partial charge is 0.298 e. The molecule has 0 spiro atoms. The number of halogens is 1. The van der Waals surface area contributed by atoms with E-state index in [9.17, 15) is 0 Å². The average Bonchev–Trinajstić information content (AvgIpc) is 1.98. The van der Waals surface area contributed by atoms with Crippen molar-refractivity contribution in [1.29, 1.82) is 0 Å². The molecular formula is C11H20IN. The van der Waals surface area contributed by atoms with Crippen molar-refractivity contribution in [3.8, 4) is 0 Å². The molecule has 2 saturated carbocycles. The highest BCUT2D eigenvalue weighted by atomic mass is 127. The van der Waals surface area contributed by atoms with Gasteiger partial charge in [0.1, 0.15) is 0 Å². The molecule has 0 radical (unpaired) electrons. The summed E-state index contributed by atoms with van der Waals surface area (Å²) < 4.78 is 0. The molecule has 0 N–H and O–H groups in total. The third kappa shape index (κ3) is 1.36. The van der Waals surface area contributed by atoms with Crippen molar-refractivity contribution in [2.45, 2.75) is 50.6 Å². The molecule has 2 heteroatoms. The van der Waals surface area contributed by atoms with Crippen LogP contribution < -0.4 is 0 Å². The van der Waals surface area contributed by atoms with Crippen molar-refractivity contribution in [1.82, 2.24) is 4.90 Å². The number of rotatable bonds is 0. The molecule has 0 amide bonds. The van der Waals surface area contributed by atoms with Crippen molar-refractivity contribution in [3.05, 3.63) is 0 Å². The molecule has 1 nitrogen and oxygen atoms in total. The van der Waals surface area contributed by atoms with Gasteiger partial charge in [-0.15, -0.1) is 24.0 Å². The van der Waals surface area contributed by atoms with E-state index in [0.29, 0.717) is 5.54 Å². The summed E-state index contributed by atoms with van der Waals surface area (Å²) in [7, 11) is 2.35. The first-order chi connectivity index (χ1) is 5.67. The molecule has 4 aliphatic rings. The number of hydrogen-bond donors (Lipinski definition) is 0. The summed E-state index contributed by atoms with van der Waals surface area (Å²) in [4.78, 5) is 2.68. The number of piperidine rings is 2. The normalized spacial score (nSPS) is 53.5. The van der Waals surface area contributed by atoms with E-state index in [1.165, 1.54) is 25.7 Å². The molecule has 0 aromatic heterocycles. The van der Waals surface area contributed by atoms with Crippen LogP contribution in [0.3, 0.4) is 0 Å². The first-order valence-corrected chi connectivity index (χ1v) is 5.40. The highest BCUT2D eigenvalue weighted by Gasteiger charge is 2.51. The van der Waals surface area contributed by atoms with Crippen molar-refractivity contribution in [2.75, 3.05) is 7.05 Å². The topological polar surface area (TPSA) is 3.24 Å². The Bertz CT molecular complexity index is 202. The highest BCUT2D eigenvalue weighted by molar-refractivity contribution is 14.0. The lowest BCUT2D eigenvalue weighted by molar-refractivity contribution is -0.0985. The van der Waals surface area contributed by atoms with Crippen LogP contribution in [0.2, 0.25) is 0 Å². The fraction of sp³-hybridized carbons (Fsp3) is 1.00. The van der Waals surface area contributed by atoms with E-state index < -0.39 is 0 Å². The second-order valence-electron chi connectivity index (χ2n) is 5.61. The van der Waals surface area contributed by atoms with E-state index in [1.807, 2.05) is 0 Å². The molecular weight excluding hydrogens is 273 g/mol. The zero-order valence-electron chi connectivity index (χ0n) is 8.62. The van der Waals surface area contributed by atoms with Gasteiger partial charge in [-0.3, -0.25) is 4.90 Å². The zero-order valence-corrected chi connectivity index (χ0v) is 11.0. The van der Waals surface area contributed by atoms with Gasteiger partial charge in [0.15, 0.2) is 0 Å². The van der Waals surface area contributed by atoms with Crippen LogP contribution >= 0.6 is 24.0 Å². The van der Waals surface area contributed by atoms with Gasteiger partial charge in [0.25, 0.3) is 0 Å². The number of hydrogen-bond acceptors (Lipinski definition) is 1. The van der Waals surface area contributed by atoms with Gasteiger partial charge in [0, 0.05) is 11.6 Å². The third-order valence-corrected chi connectivity index (χ3v) is 4.73. The van der Waals surface area contributed by atoms with E-state index in [4.69, 9.17) is 0 Å². The van der Waals surface area contributed by atoms with Crippen LogP contribution in [0.5, 0.6) is 0 Å². The molecule has 76 valence electrons. The molecule has 2 atom stereocenters. The van der Waals surface area contributed by atoms with Crippen LogP contribution in [-0.2, 0) is 0 Å². The Labute approximate surface area is 98.3 Å². The Morgan fingerprint density at radius 2 is 1.62 bits per heavy atom. The second-order valence-corrected chi connectivity index (χ2v) is 5.61. The molecule has 2 unspecified atom stereocenters. The van der Waals surface area contributed by atoms with Gasteiger partial charge in [0.05, 0.1) is 0 Å². The van der Waals surface area contributed by atoms with Crippen molar-refractivity contribution in [2.24, 2.45) is 11.8 Å². The summed E-state index contributed by atoms with van der Waals surface area (Å²) in [5, 5.41) is 0. The molecule has 2 aliphatic heterocycles. The lowest BCUT2D eigenvalue weighted by Crippen LogP contribution is -2.62. The van der Waals surface area contributed by atoms with Gasteiger partial charge in [-0.2, -0.15) is 0 Å². The van der Waals surface area contributed by atoms with E-state index in [0.717, 1.165) is 17.9 Å². The third-order valence-electron chi connectivity index (χ3n) is 4.73. The molecule has 2 heterocycles. The maximum atomic E-state index is 2.68. The molecule has 0 aromatic carbocycles. The first kappa shape index (κ1) is 10.2. The fourth-order valence-corrected chi connectivity index (χ4v) is 4.24. The Kier molecular flexibility index (Phi) is 2.43. The molecule has 4 rings (SSSR count). The standard InChI is InChI=1S/C11H19N.HI/c1-11-6-8-3-9(7-11)5-10(4-8)12(11)2;/h8-10H,3-7H2,1-2H3;1H. The Hall–Kier alpha value is 0.690. The monoisotopic (exact) mass is 293 g/mol. The Morgan fingerprint density at radius 3 is 2.08 bits per heavy atom. The molecule has 0 aromatic rings. The van der Waals surface area contributed by atoms with Crippen LogP contribution in [0.25, 0.3) is 0 Å². The average molecular weight is 293 g/mol. The summed E-state index contributed by atoms with van der Waals surface area (Å²) in [6.07, 6.45) is 7.53. The van der Waals surface area contributed by atoms with Crippen LogP contribution in [0, 0.1) is 11.8 Å². The molecule has 2 saturated heterocycles. The summed E-state index contributed by atoms with van der Waals surface area (Å²) in [5.74, 6) is 2.17. The summed E-state index contributed by atoms with van der Waals surface area (Å²) in [6.45, 7) is 2.48. The van der Waals surface area contributed by atoms with Gasteiger partial charge in [-0.1, -0.05) is 0 Å². The minimum absolute atomic E-state index is 0. The van der Waals surface area contributed by atoms with E-state index in [-0.39, 0.29) is 24.0 Å². The summed E-state index contributed by atoms with van der Waals surface area (Å²) >= 11 is 0. The van der Waals surface area contributed by atoms with Crippen LogP contribution in [0.1, 0.15) is 39.0 Å². The van der Waals surface area contributed by atoms with Gasteiger partial charge in [-0.25, -0.2) is 0 Å². The van der Waals surface area contributed by atoms with E-state index in [2.05, 4.69) is 18.9 Å². The lowest BCUT2D eigenvalue weighted by atomic mass is 9.58.